The van der Waals surface area contributed by atoms with Crippen molar-refractivity contribution in [1.82, 2.24) is 15.5 Å². The molecule has 6 heteroatoms. The maximum absolute atomic E-state index is 13.4. The fourth-order valence-electron chi connectivity index (χ4n) is 1.54. The van der Waals surface area contributed by atoms with Crippen LogP contribution in [0.3, 0.4) is 0 Å². The maximum Gasteiger partial charge on any atom is 0.255 e. The van der Waals surface area contributed by atoms with Gasteiger partial charge < -0.3 is 5.32 Å². The highest BCUT2D eigenvalue weighted by Crippen LogP contribution is 2.18. The zero-order valence-electron chi connectivity index (χ0n) is 9.41. The van der Waals surface area contributed by atoms with E-state index in [9.17, 15) is 9.18 Å². The van der Waals surface area contributed by atoms with Gasteiger partial charge in [-0.3, -0.25) is 9.89 Å². The monoisotopic (exact) mass is 267 g/mol. The molecular formula is C12H11ClFN3O. The number of amides is 1. The van der Waals surface area contributed by atoms with Crippen LogP contribution in [0.2, 0.25) is 5.02 Å². The highest BCUT2D eigenvalue weighted by Gasteiger charge is 2.14. The third kappa shape index (κ3) is 2.87. The van der Waals surface area contributed by atoms with Crippen LogP contribution < -0.4 is 5.32 Å². The summed E-state index contributed by atoms with van der Waals surface area (Å²) in [7, 11) is 0. The third-order valence-corrected chi connectivity index (χ3v) is 2.74. The molecule has 4 nitrogen and oxygen atoms in total. The molecule has 1 aromatic heterocycles. The molecule has 0 spiro atoms. The smallest absolute Gasteiger partial charge is 0.255 e. The highest BCUT2D eigenvalue weighted by molar-refractivity contribution is 6.33. The maximum atomic E-state index is 13.4. The molecule has 94 valence electrons. The Kier molecular flexibility index (Phi) is 3.94. The van der Waals surface area contributed by atoms with Gasteiger partial charge >= 0.3 is 0 Å². The molecule has 0 bridgehead atoms. The van der Waals surface area contributed by atoms with Gasteiger partial charge in [0, 0.05) is 24.9 Å². The normalized spacial score (nSPS) is 10.3. The lowest BCUT2D eigenvalue weighted by molar-refractivity contribution is 0.0950. The number of H-pyrrole nitrogens is 1. The van der Waals surface area contributed by atoms with Gasteiger partial charge in [0.25, 0.3) is 5.91 Å². The fraction of sp³-hybridized carbons (Fsp3) is 0.167. The van der Waals surface area contributed by atoms with E-state index in [1.165, 1.54) is 18.2 Å². The van der Waals surface area contributed by atoms with Crippen molar-refractivity contribution >= 4 is 17.5 Å². The van der Waals surface area contributed by atoms with E-state index in [4.69, 9.17) is 11.6 Å². The number of rotatable bonds is 4. The standard InChI is InChI=1S/C12H11ClFN3O/c13-9-2-1-3-10(14)11(9)12(18)15-6-4-8-5-7-16-17-8/h1-3,5,7H,4,6H2,(H,15,18)(H,16,17). The Balaban J connectivity index is 1.96. The molecule has 2 rings (SSSR count). The number of nitrogens with one attached hydrogen (secondary N) is 2. The van der Waals surface area contributed by atoms with Crippen LogP contribution in [0.25, 0.3) is 0 Å². The average Bonchev–Trinajstić information content (AvgIpc) is 2.82. The molecule has 0 fully saturated rings. The Hall–Kier alpha value is -1.88. The van der Waals surface area contributed by atoms with Crippen molar-refractivity contribution in [2.24, 2.45) is 0 Å². The molecule has 0 aliphatic carbocycles. The first-order valence-electron chi connectivity index (χ1n) is 5.39. The second-order valence-electron chi connectivity index (χ2n) is 3.68. The summed E-state index contributed by atoms with van der Waals surface area (Å²) in [5.41, 5.74) is 0.777. The van der Waals surface area contributed by atoms with Crippen LogP contribution >= 0.6 is 11.6 Å². The summed E-state index contributed by atoms with van der Waals surface area (Å²) in [5.74, 6) is -1.14. The first kappa shape index (κ1) is 12.6. The molecule has 2 aromatic rings. The van der Waals surface area contributed by atoms with Gasteiger partial charge in [0.1, 0.15) is 5.82 Å². The predicted molar refractivity (Wildman–Crippen MR) is 66.0 cm³/mol. The Morgan fingerprint density at radius 2 is 2.28 bits per heavy atom. The number of halogens is 2. The summed E-state index contributed by atoms with van der Waals surface area (Å²) in [6.45, 7) is 0.381. The largest absolute Gasteiger partial charge is 0.352 e. The van der Waals surface area contributed by atoms with E-state index in [1.54, 1.807) is 6.20 Å². The van der Waals surface area contributed by atoms with Gasteiger partial charge in [-0.15, -0.1) is 0 Å². The Bertz CT molecular complexity index is 522. The second-order valence-corrected chi connectivity index (χ2v) is 4.09. The summed E-state index contributed by atoms with van der Waals surface area (Å²) >= 11 is 5.79. The van der Waals surface area contributed by atoms with E-state index >= 15 is 0 Å². The zero-order chi connectivity index (χ0) is 13.0. The molecule has 0 unspecified atom stereocenters. The van der Waals surface area contributed by atoms with E-state index in [0.29, 0.717) is 13.0 Å². The van der Waals surface area contributed by atoms with E-state index < -0.39 is 11.7 Å². The lowest BCUT2D eigenvalue weighted by Crippen LogP contribution is -2.27. The average molecular weight is 268 g/mol. The molecule has 0 saturated carbocycles. The van der Waals surface area contributed by atoms with Crippen molar-refractivity contribution in [3.63, 3.8) is 0 Å². The number of benzene rings is 1. The molecule has 2 N–H and O–H groups in total. The molecule has 0 aliphatic heterocycles. The quantitative estimate of drug-likeness (QED) is 0.892. The number of carbonyl (C=O) groups is 1. The summed E-state index contributed by atoms with van der Waals surface area (Å²) in [4.78, 5) is 11.8. The van der Waals surface area contributed by atoms with Crippen molar-refractivity contribution in [3.05, 3.63) is 52.6 Å². The van der Waals surface area contributed by atoms with Gasteiger partial charge in [-0.05, 0) is 18.2 Å². The Morgan fingerprint density at radius 1 is 1.44 bits per heavy atom. The molecule has 1 amide bonds. The lowest BCUT2D eigenvalue weighted by atomic mass is 10.2. The Morgan fingerprint density at radius 3 is 2.94 bits per heavy atom. The van der Waals surface area contributed by atoms with Crippen molar-refractivity contribution in [2.75, 3.05) is 6.54 Å². The number of carbonyl (C=O) groups excluding carboxylic acids is 1. The van der Waals surface area contributed by atoms with Crippen LogP contribution in [0.4, 0.5) is 4.39 Å². The number of hydrogen-bond donors (Lipinski definition) is 2. The second kappa shape index (κ2) is 5.64. The molecule has 0 radical (unpaired) electrons. The molecule has 0 aliphatic rings. The number of hydrogen-bond acceptors (Lipinski definition) is 2. The van der Waals surface area contributed by atoms with E-state index in [2.05, 4.69) is 15.5 Å². The number of nitrogens with zero attached hydrogens (tertiary/aromatic N) is 1. The van der Waals surface area contributed by atoms with Crippen LogP contribution in [0.5, 0.6) is 0 Å². The van der Waals surface area contributed by atoms with Crippen LogP contribution in [0.15, 0.2) is 30.5 Å². The van der Waals surface area contributed by atoms with Gasteiger partial charge in [0.2, 0.25) is 0 Å². The molecule has 18 heavy (non-hydrogen) atoms. The molecule has 0 atom stereocenters. The summed E-state index contributed by atoms with van der Waals surface area (Å²) in [6, 6.07) is 5.95. The summed E-state index contributed by atoms with van der Waals surface area (Å²) in [6.07, 6.45) is 2.22. The Labute approximate surface area is 108 Å². The van der Waals surface area contributed by atoms with Crippen molar-refractivity contribution in [2.45, 2.75) is 6.42 Å². The minimum absolute atomic E-state index is 0.106. The van der Waals surface area contributed by atoms with E-state index in [1.807, 2.05) is 6.07 Å². The SMILES string of the molecule is O=C(NCCc1ccn[nH]1)c1c(F)cccc1Cl. The lowest BCUT2D eigenvalue weighted by Gasteiger charge is -2.06. The summed E-state index contributed by atoms with van der Waals surface area (Å²) in [5, 5.41) is 9.27. The van der Waals surface area contributed by atoms with Crippen molar-refractivity contribution in [3.8, 4) is 0 Å². The van der Waals surface area contributed by atoms with Gasteiger partial charge in [-0.1, -0.05) is 17.7 Å². The topological polar surface area (TPSA) is 57.8 Å². The summed E-state index contributed by atoms with van der Waals surface area (Å²) < 4.78 is 13.4. The fourth-order valence-corrected chi connectivity index (χ4v) is 1.79. The minimum Gasteiger partial charge on any atom is -0.352 e. The molecule has 1 aromatic carbocycles. The van der Waals surface area contributed by atoms with Crippen molar-refractivity contribution in [1.29, 1.82) is 0 Å². The first-order valence-corrected chi connectivity index (χ1v) is 5.76. The van der Waals surface area contributed by atoms with Gasteiger partial charge in [0.05, 0.1) is 10.6 Å². The minimum atomic E-state index is -0.624. The highest BCUT2D eigenvalue weighted by atomic mass is 35.5. The van der Waals surface area contributed by atoms with Gasteiger partial charge in [-0.25, -0.2) is 4.39 Å². The van der Waals surface area contributed by atoms with Crippen LogP contribution in [-0.2, 0) is 6.42 Å². The predicted octanol–water partition coefficient (Wildman–Crippen LogP) is 2.17. The molecule has 0 saturated heterocycles. The van der Waals surface area contributed by atoms with Gasteiger partial charge in [-0.2, -0.15) is 5.10 Å². The van der Waals surface area contributed by atoms with Crippen molar-refractivity contribution < 1.29 is 9.18 Å². The first-order chi connectivity index (χ1) is 8.68. The zero-order valence-corrected chi connectivity index (χ0v) is 10.2. The van der Waals surface area contributed by atoms with E-state index in [-0.39, 0.29) is 10.6 Å². The molecule has 1 heterocycles. The van der Waals surface area contributed by atoms with Crippen LogP contribution in [-0.4, -0.2) is 22.6 Å². The third-order valence-electron chi connectivity index (χ3n) is 2.43. The number of aromatic amines is 1. The number of aromatic nitrogens is 2. The molecular weight excluding hydrogens is 257 g/mol. The van der Waals surface area contributed by atoms with Crippen LogP contribution in [0.1, 0.15) is 16.1 Å². The van der Waals surface area contributed by atoms with Crippen LogP contribution in [0, 0.1) is 5.82 Å². The van der Waals surface area contributed by atoms with E-state index in [0.717, 1.165) is 5.69 Å². The van der Waals surface area contributed by atoms with Gasteiger partial charge in [0.15, 0.2) is 0 Å².